The molecule has 0 heterocycles. The third-order valence-corrected chi connectivity index (χ3v) is 3.92. The lowest BCUT2D eigenvalue weighted by atomic mass is 10.1. The van der Waals surface area contributed by atoms with Crippen molar-refractivity contribution in [1.82, 2.24) is 0 Å². The second kappa shape index (κ2) is 10.2. The van der Waals surface area contributed by atoms with Gasteiger partial charge in [-0.1, -0.05) is 43.7 Å². The molecule has 2 aromatic carbocycles. The van der Waals surface area contributed by atoms with Gasteiger partial charge in [0.15, 0.2) is 0 Å². The average molecular weight is 370 g/mol. The van der Waals surface area contributed by atoms with Gasteiger partial charge in [-0.05, 0) is 18.1 Å². The predicted octanol–water partition coefficient (Wildman–Crippen LogP) is 4.22. The topological polar surface area (TPSA) is 76.7 Å². The molecule has 0 radical (unpaired) electrons. The second-order valence-electron chi connectivity index (χ2n) is 6.11. The van der Waals surface area contributed by atoms with Gasteiger partial charge in [-0.25, -0.2) is 4.79 Å². The number of benzene rings is 2. The van der Waals surface area contributed by atoms with Gasteiger partial charge < -0.3 is 20.1 Å². The molecule has 0 bridgehead atoms. The van der Waals surface area contributed by atoms with Crippen LogP contribution in [0, 0.1) is 0 Å². The molecule has 1 amide bonds. The fourth-order valence-corrected chi connectivity index (χ4v) is 2.53. The summed E-state index contributed by atoms with van der Waals surface area (Å²) in [5.41, 5.74) is 2.57. The number of hydrogen-bond acceptors (Lipinski definition) is 5. The molecule has 2 N–H and O–H groups in total. The van der Waals surface area contributed by atoms with Gasteiger partial charge in [0, 0.05) is 19.5 Å². The second-order valence-corrected chi connectivity index (χ2v) is 6.11. The smallest absolute Gasteiger partial charge is 0.341 e. The van der Waals surface area contributed by atoms with Crippen LogP contribution in [0.25, 0.3) is 0 Å². The summed E-state index contributed by atoms with van der Waals surface area (Å²) >= 11 is 0. The lowest BCUT2D eigenvalue weighted by Gasteiger charge is -2.17. The van der Waals surface area contributed by atoms with Crippen LogP contribution in [0.15, 0.2) is 42.5 Å². The zero-order chi connectivity index (χ0) is 19.6. The number of unbranched alkanes of at least 4 members (excludes halogenated alkanes) is 1. The van der Waals surface area contributed by atoms with E-state index in [2.05, 4.69) is 17.6 Å². The SMILES string of the molecule is CCCCOc1cc(NC(C)=O)c(NCc2ccccc2)cc1C(=O)OC. The Hall–Kier alpha value is -3.02. The van der Waals surface area contributed by atoms with E-state index < -0.39 is 5.97 Å². The zero-order valence-corrected chi connectivity index (χ0v) is 16.0. The molecule has 0 aliphatic heterocycles. The number of amides is 1. The van der Waals surface area contributed by atoms with Crippen LogP contribution >= 0.6 is 0 Å². The Bertz CT molecular complexity index is 775. The minimum Gasteiger partial charge on any atom is -0.493 e. The monoisotopic (exact) mass is 370 g/mol. The molecule has 0 fully saturated rings. The van der Waals surface area contributed by atoms with Crippen molar-refractivity contribution in [3.63, 3.8) is 0 Å². The molecule has 0 unspecified atom stereocenters. The maximum Gasteiger partial charge on any atom is 0.341 e. The van der Waals surface area contributed by atoms with E-state index in [0.717, 1.165) is 18.4 Å². The number of carbonyl (C=O) groups excluding carboxylic acids is 2. The summed E-state index contributed by atoms with van der Waals surface area (Å²) < 4.78 is 10.6. The third-order valence-electron chi connectivity index (χ3n) is 3.92. The number of carbonyl (C=O) groups is 2. The fourth-order valence-electron chi connectivity index (χ4n) is 2.53. The van der Waals surface area contributed by atoms with Crippen molar-refractivity contribution in [2.75, 3.05) is 24.4 Å². The van der Waals surface area contributed by atoms with E-state index in [0.29, 0.717) is 35.8 Å². The van der Waals surface area contributed by atoms with E-state index in [1.165, 1.54) is 14.0 Å². The van der Waals surface area contributed by atoms with E-state index in [4.69, 9.17) is 9.47 Å². The van der Waals surface area contributed by atoms with Crippen molar-refractivity contribution in [1.29, 1.82) is 0 Å². The molecule has 27 heavy (non-hydrogen) atoms. The Morgan fingerprint density at radius 3 is 2.44 bits per heavy atom. The summed E-state index contributed by atoms with van der Waals surface area (Å²) in [6.07, 6.45) is 1.84. The number of hydrogen-bond donors (Lipinski definition) is 2. The first-order chi connectivity index (χ1) is 13.0. The summed E-state index contributed by atoms with van der Waals surface area (Å²) in [5.74, 6) is -0.300. The predicted molar refractivity (Wildman–Crippen MR) is 106 cm³/mol. The minimum absolute atomic E-state index is 0.205. The molecular formula is C21H26N2O4. The van der Waals surface area contributed by atoms with Gasteiger partial charge in [0.1, 0.15) is 11.3 Å². The Morgan fingerprint density at radius 2 is 1.81 bits per heavy atom. The van der Waals surface area contributed by atoms with Crippen molar-refractivity contribution < 1.29 is 19.1 Å². The molecule has 144 valence electrons. The molecule has 0 aliphatic carbocycles. The summed E-state index contributed by atoms with van der Waals surface area (Å²) in [4.78, 5) is 23.8. The Kier molecular flexibility index (Phi) is 7.67. The molecule has 0 saturated heterocycles. The zero-order valence-electron chi connectivity index (χ0n) is 16.0. The van der Waals surface area contributed by atoms with Crippen LogP contribution in [0.4, 0.5) is 11.4 Å². The van der Waals surface area contributed by atoms with Crippen LogP contribution in [0.5, 0.6) is 5.75 Å². The molecular weight excluding hydrogens is 344 g/mol. The lowest BCUT2D eigenvalue weighted by molar-refractivity contribution is -0.114. The first kappa shape index (κ1) is 20.3. The highest BCUT2D eigenvalue weighted by molar-refractivity contribution is 5.99. The number of esters is 1. The molecule has 0 aliphatic rings. The van der Waals surface area contributed by atoms with E-state index in [1.807, 2.05) is 30.3 Å². The van der Waals surface area contributed by atoms with E-state index in [1.54, 1.807) is 12.1 Å². The normalized spacial score (nSPS) is 10.2. The largest absolute Gasteiger partial charge is 0.493 e. The lowest BCUT2D eigenvalue weighted by Crippen LogP contribution is -2.13. The highest BCUT2D eigenvalue weighted by Crippen LogP contribution is 2.32. The van der Waals surface area contributed by atoms with Gasteiger partial charge >= 0.3 is 5.97 Å². The standard InChI is InChI=1S/C21H26N2O4/c1-4-5-11-27-20-13-19(23-15(2)24)18(12-17(20)21(25)26-3)22-14-16-9-7-6-8-10-16/h6-10,12-13,22H,4-5,11,14H2,1-3H3,(H,23,24). The van der Waals surface area contributed by atoms with Crippen molar-refractivity contribution in [2.45, 2.75) is 33.2 Å². The maximum absolute atomic E-state index is 12.2. The van der Waals surface area contributed by atoms with Gasteiger partial charge in [0.25, 0.3) is 0 Å². The Balaban J connectivity index is 2.35. The first-order valence-electron chi connectivity index (χ1n) is 8.99. The maximum atomic E-state index is 12.2. The Labute approximate surface area is 159 Å². The van der Waals surface area contributed by atoms with Crippen molar-refractivity contribution in [3.8, 4) is 5.75 Å². The molecule has 0 saturated carbocycles. The van der Waals surface area contributed by atoms with Crippen LogP contribution in [0.3, 0.4) is 0 Å². The van der Waals surface area contributed by atoms with Crippen LogP contribution in [0.1, 0.15) is 42.6 Å². The highest BCUT2D eigenvalue weighted by atomic mass is 16.5. The quantitative estimate of drug-likeness (QED) is 0.510. The summed E-state index contributed by atoms with van der Waals surface area (Å²) in [7, 11) is 1.33. The molecule has 6 nitrogen and oxygen atoms in total. The first-order valence-corrected chi connectivity index (χ1v) is 8.99. The van der Waals surface area contributed by atoms with Crippen LogP contribution in [0.2, 0.25) is 0 Å². The minimum atomic E-state index is -0.487. The number of nitrogens with one attached hydrogen (secondary N) is 2. The summed E-state index contributed by atoms with van der Waals surface area (Å²) in [5, 5.41) is 6.06. The van der Waals surface area contributed by atoms with Crippen LogP contribution in [-0.2, 0) is 16.1 Å². The van der Waals surface area contributed by atoms with Crippen molar-refractivity contribution >= 4 is 23.3 Å². The van der Waals surface area contributed by atoms with Gasteiger partial charge in [0.05, 0.1) is 25.1 Å². The van der Waals surface area contributed by atoms with Gasteiger partial charge in [-0.2, -0.15) is 0 Å². The number of ether oxygens (including phenoxy) is 2. The van der Waals surface area contributed by atoms with Crippen LogP contribution < -0.4 is 15.4 Å². The fraction of sp³-hybridized carbons (Fsp3) is 0.333. The molecule has 2 rings (SSSR count). The average Bonchev–Trinajstić information content (AvgIpc) is 2.67. The molecule has 2 aromatic rings. The van der Waals surface area contributed by atoms with Crippen molar-refractivity contribution in [3.05, 3.63) is 53.6 Å². The van der Waals surface area contributed by atoms with Crippen LogP contribution in [-0.4, -0.2) is 25.6 Å². The molecule has 0 aromatic heterocycles. The number of rotatable bonds is 9. The summed E-state index contributed by atoms with van der Waals surface area (Å²) in [6, 6.07) is 13.2. The van der Waals surface area contributed by atoms with Crippen molar-refractivity contribution in [2.24, 2.45) is 0 Å². The number of anilines is 2. The highest BCUT2D eigenvalue weighted by Gasteiger charge is 2.18. The van der Waals surface area contributed by atoms with E-state index in [-0.39, 0.29) is 5.91 Å². The van der Waals surface area contributed by atoms with Gasteiger partial charge in [-0.15, -0.1) is 0 Å². The molecule has 0 atom stereocenters. The van der Waals surface area contributed by atoms with Gasteiger partial charge in [0.2, 0.25) is 5.91 Å². The van der Waals surface area contributed by atoms with Gasteiger partial charge in [-0.3, -0.25) is 4.79 Å². The third kappa shape index (κ3) is 6.02. The molecule has 6 heteroatoms. The number of methoxy groups -OCH3 is 1. The van der Waals surface area contributed by atoms with E-state index in [9.17, 15) is 9.59 Å². The van der Waals surface area contributed by atoms with E-state index >= 15 is 0 Å². The Morgan fingerprint density at radius 1 is 1.07 bits per heavy atom. The summed E-state index contributed by atoms with van der Waals surface area (Å²) in [6.45, 7) is 4.53. The molecule has 0 spiro atoms.